The molecule has 1 atom stereocenters. The molecular formula is C22H26N2O4. The Labute approximate surface area is 165 Å². The lowest BCUT2D eigenvalue weighted by atomic mass is 10.1. The second-order valence-corrected chi connectivity index (χ2v) is 6.97. The SMILES string of the molecule is Cc1cccc(C)c1NC(=O)CNC(=O)c1cccc(OCC2CCCO2)c1. The predicted octanol–water partition coefficient (Wildman–Crippen LogP) is 3.23. The van der Waals surface area contributed by atoms with Crippen LogP contribution in [0.2, 0.25) is 0 Å². The van der Waals surface area contributed by atoms with Crippen LogP contribution in [0.15, 0.2) is 42.5 Å². The maximum absolute atomic E-state index is 12.4. The molecule has 3 rings (SSSR count). The first-order valence-corrected chi connectivity index (χ1v) is 9.51. The zero-order chi connectivity index (χ0) is 19.9. The molecule has 0 saturated carbocycles. The van der Waals surface area contributed by atoms with Crippen molar-refractivity contribution >= 4 is 17.5 Å². The van der Waals surface area contributed by atoms with Gasteiger partial charge in [-0.25, -0.2) is 0 Å². The van der Waals surface area contributed by atoms with Crippen LogP contribution in [0, 0.1) is 13.8 Å². The normalized spacial score (nSPS) is 15.9. The maximum atomic E-state index is 12.4. The van der Waals surface area contributed by atoms with Crippen molar-refractivity contribution in [2.45, 2.75) is 32.8 Å². The molecule has 1 heterocycles. The lowest BCUT2D eigenvalue weighted by molar-refractivity contribution is -0.115. The fourth-order valence-corrected chi connectivity index (χ4v) is 3.15. The van der Waals surface area contributed by atoms with E-state index in [1.807, 2.05) is 32.0 Å². The summed E-state index contributed by atoms with van der Waals surface area (Å²) in [5.41, 5.74) is 3.20. The highest BCUT2D eigenvalue weighted by molar-refractivity contribution is 6.00. The van der Waals surface area contributed by atoms with E-state index in [0.717, 1.165) is 36.3 Å². The van der Waals surface area contributed by atoms with Gasteiger partial charge in [-0.15, -0.1) is 0 Å². The molecule has 1 aliphatic rings. The summed E-state index contributed by atoms with van der Waals surface area (Å²) >= 11 is 0. The van der Waals surface area contributed by atoms with Gasteiger partial charge in [0.25, 0.3) is 5.91 Å². The number of ether oxygens (including phenoxy) is 2. The molecule has 2 N–H and O–H groups in total. The average molecular weight is 382 g/mol. The van der Waals surface area contributed by atoms with Crippen LogP contribution in [-0.2, 0) is 9.53 Å². The molecule has 28 heavy (non-hydrogen) atoms. The molecule has 0 bridgehead atoms. The smallest absolute Gasteiger partial charge is 0.251 e. The third-order valence-electron chi connectivity index (χ3n) is 4.71. The van der Waals surface area contributed by atoms with Gasteiger partial charge >= 0.3 is 0 Å². The van der Waals surface area contributed by atoms with Gasteiger partial charge in [0, 0.05) is 17.9 Å². The Bertz CT molecular complexity index is 824. The monoisotopic (exact) mass is 382 g/mol. The lowest BCUT2D eigenvalue weighted by Crippen LogP contribution is -2.33. The van der Waals surface area contributed by atoms with Gasteiger partial charge in [-0.2, -0.15) is 0 Å². The first kappa shape index (κ1) is 19.9. The molecule has 1 unspecified atom stereocenters. The Morgan fingerprint density at radius 3 is 2.61 bits per heavy atom. The number of hydrogen-bond donors (Lipinski definition) is 2. The van der Waals surface area contributed by atoms with Crippen LogP contribution in [-0.4, -0.2) is 37.7 Å². The number of para-hydroxylation sites is 1. The van der Waals surface area contributed by atoms with E-state index in [-0.39, 0.29) is 24.5 Å². The van der Waals surface area contributed by atoms with Crippen LogP contribution in [0.4, 0.5) is 5.69 Å². The third kappa shape index (κ3) is 5.33. The Balaban J connectivity index is 1.51. The maximum Gasteiger partial charge on any atom is 0.251 e. The van der Waals surface area contributed by atoms with Crippen LogP contribution in [0.5, 0.6) is 5.75 Å². The molecule has 1 fully saturated rings. The number of benzene rings is 2. The molecule has 6 nitrogen and oxygen atoms in total. The van der Waals surface area contributed by atoms with Crippen LogP contribution in [0.3, 0.4) is 0 Å². The molecule has 6 heteroatoms. The summed E-state index contributed by atoms with van der Waals surface area (Å²) in [5.74, 6) is 0.0268. The zero-order valence-electron chi connectivity index (χ0n) is 16.3. The van der Waals surface area contributed by atoms with Crippen LogP contribution >= 0.6 is 0 Å². The minimum Gasteiger partial charge on any atom is -0.491 e. The highest BCUT2D eigenvalue weighted by Gasteiger charge is 2.16. The number of amides is 2. The Kier molecular flexibility index (Phi) is 6.66. The van der Waals surface area contributed by atoms with E-state index in [0.29, 0.717) is 17.9 Å². The lowest BCUT2D eigenvalue weighted by Gasteiger charge is -2.13. The second kappa shape index (κ2) is 9.37. The number of aryl methyl sites for hydroxylation is 2. The van der Waals surface area contributed by atoms with E-state index < -0.39 is 0 Å². The standard InChI is InChI=1S/C22H26N2O4/c1-15-6-3-7-16(2)21(15)24-20(25)13-23-22(26)17-8-4-9-18(12-17)28-14-19-10-5-11-27-19/h3-4,6-9,12,19H,5,10-11,13-14H2,1-2H3,(H,23,26)(H,24,25). The summed E-state index contributed by atoms with van der Waals surface area (Å²) in [6, 6.07) is 12.7. The van der Waals surface area contributed by atoms with Gasteiger partial charge in [-0.1, -0.05) is 24.3 Å². The number of nitrogens with one attached hydrogen (secondary N) is 2. The molecule has 0 aromatic heterocycles. The largest absolute Gasteiger partial charge is 0.491 e. The molecular weight excluding hydrogens is 356 g/mol. The molecule has 2 aromatic carbocycles. The van der Waals surface area contributed by atoms with Gasteiger partial charge < -0.3 is 20.1 Å². The number of anilines is 1. The van der Waals surface area contributed by atoms with Gasteiger partial charge in [0.15, 0.2) is 0 Å². The minimum absolute atomic E-state index is 0.104. The molecule has 2 amide bonds. The van der Waals surface area contributed by atoms with Crippen LogP contribution in [0.1, 0.15) is 34.3 Å². The summed E-state index contributed by atoms with van der Waals surface area (Å²) < 4.78 is 11.3. The quantitative estimate of drug-likeness (QED) is 0.771. The Morgan fingerprint density at radius 2 is 1.89 bits per heavy atom. The first-order valence-electron chi connectivity index (χ1n) is 9.51. The van der Waals surface area contributed by atoms with Gasteiger partial charge in [0.05, 0.1) is 12.6 Å². The van der Waals surface area contributed by atoms with Crippen LogP contribution in [0.25, 0.3) is 0 Å². The fourth-order valence-electron chi connectivity index (χ4n) is 3.15. The number of rotatable bonds is 7. The van der Waals surface area contributed by atoms with Crippen molar-refractivity contribution in [2.24, 2.45) is 0 Å². The molecule has 1 saturated heterocycles. The summed E-state index contributed by atoms with van der Waals surface area (Å²) in [7, 11) is 0. The van der Waals surface area contributed by atoms with Crippen molar-refractivity contribution < 1.29 is 19.1 Å². The third-order valence-corrected chi connectivity index (χ3v) is 4.71. The summed E-state index contributed by atoms with van der Waals surface area (Å²) in [5, 5.41) is 5.51. The second-order valence-electron chi connectivity index (χ2n) is 6.97. The molecule has 0 aliphatic carbocycles. The van der Waals surface area contributed by atoms with E-state index in [1.165, 1.54) is 0 Å². The molecule has 2 aromatic rings. The fraction of sp³-hybridized carbons (Fsp3) is 0.364. The van der Waals surface area contributed by atoms with E-state index in [4.69, 9.17) is 9.47 Å². The van der Waals surface area contributed by atoms with Crippen molar-refractivity contribution in [1.82, 2.24) is 5.32 Å². The topological polar surface area (TPSA) is 76.7 Å². The predicted molar refractivity (Wildman–Crippen MR) is 108 cm³/mol. The van der Waals surface area contributed by atoms with E-state index >= 15 is 0 Å². The van der Waals surface area contributed by atoms with E-state index in [9.17, 15) is 9.59 Å². The van der Waals surface area contributed by atoms with Gasteiger partial charge in [0.1, 0.15) is 12.4 Å². The van der Waals surface area contributed by atoms with Gasteiger partial charge in [-0.05, 0) is 56.0 Å². The van der Waals surface area contributed by atoms with E-state index in [1.54, 1.807) is 24.3 Å². The number of hydrogen-bond acceptors (Lipinski definition) is 4. The Hall–Kier alpha value is -2.86. The van der Waals surface area contributed by atoms with Crippen molar-refractivity contribution in [1.29, 1.82) is 0 Å². The minimum atomic E-state index is -0.320. The van der Waals surface area contributed by atoms with Crippen molar-refractivity contribution in [3.05, 3.63) is 59.2 Å². The van der Waals surface area contributed by atoms with Gasteiger partial charge in [0.2, 0.25) is 5.91 Å². The summed E-state index contributed by atoms with van der Waals surface area (Å²) in [4.78, 5) is 24.6. The highest BCUT2D eigenvalue weighted by Crippen LogP contribution is 2.19. The van der Waals surface area contributed by atoms with Gasteiger partial charge in [-0.3, -0.25) is 9.59 Å². The number of carbonyl (C=O) groups is 2. The molecule has 1 aliphatic heterocycles. The molecule has 0 spiro atoms. The molecule has 0 radical (unpaired) electrons. The average Bonchev–Trinajstić information content (AvgIpc) is 3.21. The number of carbonyl (C=O) groups excluding carboxylic acids is 2. The Morgan fingerprint density at radius 1 is 1.14 bits per heavy atom. The first-order chi connectivity index (χ1) is 13.5. The van der Waals surface area contributed by atoms with Crippen LogP contribution < -0.4 is 15.4 Å². The summed E-state index contributed by atoms with van der Waals surface area (Å²) in [6.07, 6.45) is 2.17. The zero-order valence-corrected chi connectivity index (χ0v) is 16.3. The summed E-state index contributed by atoms with van der Waals surface area (Å²) in [6.45, 7) is 5.02. The van der Waals surface area contributed by atoms with E-state index in [2.05, 4.69) is 10.6 Å². The van der Waals surface area contributed by atoms with Crippen molar-refractivity contribution in [3.8, 4) is 5.75 Å². The van der Waals surface area contributed by atoms with Crippen molar-refractivity contribution in [3.63, 3.8) is 0 Å². The van der Waals surface area contributed by atoms with Crippen molar-refractivity contribution in [2.75, 3.05) is 25.1 Å². The highest BCUT2D eigenvalue weighted by atomic mass is 16.5. The molecule has 148 valence electrons.